The highest BCUT2D eigenvalue weighted by Gasteiger charge is 2.15. The van der Waals surface area contributed by atoms with Gasteiger partial charge in [-0.25, -0.2) is 0 Å². The molecule has 1 saturated heterocycles. The average Bonchev–Trinajstić information content (AvgIpc) is 2.89. The van der Waals surface area contributed by atoms with Crippen molar-refractivity contribution in [3.8, 4) is 0 Å². The maximum absolute atomic E-state index is 10.1. The molecule has 0 radical (unpaired) electrons. The van der Waals surface area contributed by atoms with Gasteiger partial charge in [-0.15, -0.1) is 0 Å². The van der Waals surface area contributed by atoms with E-state index in [0.29, 0.717) is 6.54 Å². The highest BCUT2D eigenvalue weighted by Crippen LogP contribution is 2.23. The SMILES string of the molecule is CN(C)c1ccccc1NCC(O)CN1CCCC1. The zero-order valence-electron chi connectivity index (χ0n) is 12.0. The van der Waals surface area contributed by atoms with Crippen molar-refractivity contribution in [2.45, 2.75) is 18.9 Å². The largest absolute Gasteiger partial charge is 0.390 e. The number of benzene rings is 1. The first-order valence-corrected chi connectivity index (χ1v) is 7.07. The van der Waals surface area contributed by atoms with E-state index >= 15 is 0 Å². The van der Waals surface area contributed by atoms with Crippen LogP contribution in [-0.2, 0) is 0 Å². The van der Waals surface area contributed by atoms with Crippen molar-refractivity contribution >= 4 is 11.4 Å². The Labute approximate surface area is 116 Å². The lowest BCUT2D eigenvalue weighted by Crippen LogP contribution is -2.34. The minimum Gasteiger partial charge on any atom is -0.390 e. The summed E-state index contributed by atoms with van der Waals surface area (Å²) in [6.07, 6.45) is 2.22. The topological polar surface area (TPSA) is 38.7 Å². The van der Waals surface area contributed by atoms with Crippen molar-refractivity contribution < 1.29 is 5.11 Å². The first-order valence-electron chi connectivity index (χ1n) is 7.07. The molecule has 0 amide bonds. The molecule has 0 aliphatic carbocycles. The number of likely N-dealkylation sites (tertiary alicyclic amines) is 1. The van der Waals surface area contributed by atoms with Crippen molar-refractivity contribution in [2.24, 2.45) is 0 Å². The van der Waals surface area contributed by atoms with E-state index in [0.717, 1.165) is 31.0 Å². The zero-order chi connectivity index (χ0) is 13.7. The van der Waals surface area contributed by atoms with E-state index in [9.17, 15) is 5.11 Å². The molecule has 4 nitrogen and oxygen atoms in total. The number of aliphatic hydroxyl groups excluding tert-OH is 1. The standard InChI is InChI=1S/C15H25N3O/c1-17(2)15-8-4-3-7-14(15)16-11-13(19)12-18-9-5-6-10-18/h3-4,7-8,13,16,19H,5-6,9-12H2,1-2H3. The van der Waals surface area contributed by atoms with Crippen molar-refractivity contribution in [3.05, 3.63) is 24.3 Å². The molecule has 1 unspecified atom stereocenters. The van der Waals surface area contributed by atoms with E-state index < -0.39 is 0 Å². The number of rotatable bonds is 6. The van der Waals surface area contributed by atoms with Gasteiger partial charge in [0, 0.05) is 27.2 Å². The summed E-state index contributed by atoms with van der Waals surface area (Å²) in [5.41, 5.74) is 2.23. The number of aliphatic hydroxyl groups is 1. The van der Waals surface area contributed by atoms with Crippen molar-refractivity contribution in [3.63, 3.8) is 0 Å². The van der Waals surface area contributed by atoms with E-state index in [2.05, 4.69) is 27.2 Å². The third-order valence-corrected chi connectivity index (χ3v) is 3.58. The molecule has 1 aromatic rings. The molecule has 0 spiro atoms. The second kappa shape index (κ2) is 6.78. The smallest absolute Gasteiger partial charge is 0.0839 e. The number of nitrogens with one attached hydrogen (secondary N) is 1. The predicted octanol–water partition coefficient (Wildman–Crippen LogP) is 1.62. The number of nitrogens with zero attached hydrogens (tertiary/aromatic N) is 2. The number of hydrogen-bond acceptors (Lipinski definition) is 4. The maximum atomic E-state index is 10.1. The van der Waals surface area contributed by atoms with Crippen LogP contribution in [0.4, 0.5) is 11.4 Å². The van der Waals surface area contributed by atoms with Crippen LogP contribution in [0, 0.1) is 0 Å². The monoisotopic (exact) mass is 263 g/mol. The van der Waals surface area contributed by atoms with E-state index in [4.69, 9.17) is 0 Å². The Morgan fingerprint density at radius 1 is 1.26 bits per heavy atom. The molecule has 1 aliphatic rings. The van der Waals surface area contributed by atoms with Gasteiger partial charge in [0.1, 0.15) is 0 Å². The lowest BCUT2D eigenvalue weighted by atomic mass is 10.2. The molecular formula is C15H25N3O. The third kappa shape index (κ3) is 4.11. The molecule has 1 fully saturated rings. The summed E-state index contributed by atoms with van der Waals surface area (Å²) in [5, 5.41) is 13.4. The number of anilines is 2. The second-order valence-electron chi connectivity index (χ2n) is 5.45. The molecule has 0 aromatic heterocycles. The Balaban J connectivity index is 1.84. The average molecular weight is 263 g/mol. The second-order valence-corrected chi connectivity index (χ2v) is 5.45. The minimum absolute atomic E-state index is 0.312. The van der Waals surface area contributed by atoms with Gasteiger partial charge in [-0.2, -0.15) is 0 Å². The van der Waals surface area contributed by atoms with Gasteiger partial charge in [-0.05, 0) is 38.1 Å². The first kappa shape index (κ1) is 14.2. The Morgan fingerprint density at radius 3 is 2.63 bits per heavy atom. The maximum Gasteiger partial charge on any atom is 0.0839 e. The first-order chi connectivity index (χ1) is 9.16. The minimum atomic E-state index is -0.312. The van der Waals surface area contributed by atoms with Crippen LogP contribution in [-0.4, -0.2) is 56.4 Å². The number of β-amino-alcohol motifs (C(OH)–C–C–N with tert-alkyl or cyclic N) is 1. The van der Waals surface area contributed by atoms with Crippen LogP contribution >= 0.6 is 0 Å². The summed E-state index contributed by atoms with van der Waals surface area (Å²) in [6, 6.07) is 8.18. The Bertz CT molecular complexity index is 389. The van der Waals surface area contributed by atoms with Gasteiger partial charge in [-0.3, -0.25) is 0 Å². The van der Waals surface area contributed by atoms with Crippen LogP contribution in [0.2, 0.25) is 0 Å². The number of para-hydroxylation sites is 2. The van der Waals surface area contributed by atoms with Crippen molar-refractivity contribution in [1.29, 1.82) is 0 Å². The van der Waals surface area contributed by atoms with E-state index in [1.165, 1.54) is 12.8 Å². The fourth-order valence-electron chi connectivity index (χ4n) is 2.57. The summed E-state index contributed by atoms with van der Waals surface area (Å²) in [4.78, 5) is 4.42. The molecule has 19 heavy (non-hydrogen) atoms. The van der Waals surface area contributed by atoms with Crippen LogP contribution < -0.4 is 10.2 Å². The molecule has 0 saturated carbocycles. The van der Waals surface area contributed by atoms with E-state index in [1.807, 2.05) is 26.2 Å². The van der Waals surface area contributed by atoms with Gasteiger partial charge in [0.25, 0.3) is 0 Å². The van der Waals surface area contributed by atoms with Gasteiger partial charge in [0.05, 0.1) is 17.5 Å². The van der Waals surface area contributed by atoms with Crippen LogP contribution in [0.3, 0.4) is 0 Å². The van der Waals surface area contributed by atoms with Crippen LogP contribution in [0.5, 0.6) is 0 Å². The Kier molecular flexibility index (Phi) is 5.05. The fraction of sp³-hybridized carbons (Fsp3) is 0.600. The summed E-state index contributed by atoms with van der Waals surface area (Å²) in [5.74, 6) is 0. The molecular weight excluding hydrogens is 238 g/mol. The van der Waals surface area contributed by atoms with Gasteiger partial charge in [0.2, 0.25) is 0 Å². The summed E-state index contributed by atoms with van der Waals surface area (Å²) >= 11 is 0. The van der Waals surface area contributed by atoms with Gasteiger partial charge in [-0.1, -0.05) is 12.1 Å². The highest BCUT2D eigenvalue weighted by molar-refractivity contribution is 5.69. The van der Waals surface area contributed by atoms with Gasteiger partial charge >= 0.3 is 0 Å². The van der Waals surface area contributed by atoms with Gasteiger partial charge < -0.3 is 20.2 Å². The van der Waals surface area contributed by atoms with Crippen molar-refractivity contribution in [1.82, 2.24) is 4.90 Å². The highest BCUT2D eigenvalue weighted by atomic mass is 16.3. The molecule has 1 heterocycles. The summed E-state index contributed by atoms with van der Waals surface area (Å²) < 4.78 is 0. The molecule has 1 aliphatic heterocycles. The summed E-state index contributed by atoms with van der Waals surface area (Å²) in [7, 11) is 4.06. The molecule has 1 aromatic carbocycles. The normalized spacial score (nSPS) is 17.4. The van der Waals surface area contributed by atoms with Crippen LogP contribution in [0.25, 0.3) is 0 Å². The third-order valence-electron chi connectivity index (χ3n) is 3.58. The fourth-order valence-corrected chi connectivity index (χ4v) is 2.57. The molecule has 106 valence electrons. The lowest BCUT2D eigenvalue weighted by molar-refractivity contribution is 0.135. The van der Waals surface area contributed by atoms with E-state index in [-0.39, 0.29) is 6.10 Å². The van der Waals surface area contributed by atoms with Crippen molar-refractivity contribution in [2.75, 3.05) is 50.5 Å². The van der Waals surface area contributed by atoms with Crippen LogP contribution in [0.1, 0.15) is 12.8 Å². The predicted molar refractivity (Wildman–Crippen MR) is 80.9 cm³/mol. The van der Waals surface area contributed by atoms with Gasteiger partial charge in [0.15, 0.2) is 0 Å². The quantitative estimate of drug-likeness (QED) is 0.818. The molecule has 0 bridgehead atoms. The molecule has 1 atom stereocenters. The molecule has 4 heteroatoms. The Morgan fingerprint density at radius 2 is 1.95 bits per heavy atom. The Hall–Kier alpha value is -1.26. The summed E-state index contributed by atoms with van der Waals surface area (Å²) in [6.45, 7) is 3.63. The number of hydrogen-bond donors (Lipinski definition) is 2. The zero-order valence-corrected chi connectivity index (χ0v) is 12.0. The lowest BCUT2D eigenvalue weighted by Gasteiger charge is -2.22. The molecule has 2 N–H and O–H groups in total. The van der Waals surface area contributed by atoms with Crippen LogP contribution in [0.15, 0.2) is 24.3 Å². The molecule has 2 rings (SSSR count). The van der Waals surface area contributed by atoms with E-state index in [1.54, 1.807) is 0 Å².